The Morgan fingerprint density at radius 3 is 2.30 bits per heavy atom. The lowest BCUT2D eigenvalue weighted by Gasteiger charge is -2.32. The summed E-state index contributed by atoms with van der Waals surface area (Å²) in [6.45, 7) is 11.9. The second-order valence-corrected chi connectivity index (χ2v) is 11.0. The van der Waals surface area contributed by atoms with Crippen LogP contribution in [-0.2, 0) is 14.8 Å². The number of aryl methyl sites for hydroxylation is 2. The Morgan fingerprint density at radius 1 is 1.00 bits per heavy atom. The number of piperazine rings is 1. The number of carbonyl (C=O) groups is 1. The van der Waals surface area contributed by atoms with E-state index in [1.54, 1.807) is 32.0 Å². The fourth-order valence-electron chi connectivity index (χ4n) is 3.83. The summed E-state index contributed by atoms with van der Waals surface area (Å²) in [6, 6.07) is 11.0. The third-order valence-corrected chi connectivity index (χ3v) is 8.04. The molecule has 1 N–H and O–H groups in total. The van der Waals surface area contributed by atoms with E-state index in [0.29, 0.717) is 43.2 Å². The fourth-order valence-corrected chi connectivity index (χ4v) is 5.50. The van der Waals surface area contributed by atoms with Gasteiger partial charge in [0.1, 0.15) is 5.75 Å². The van der Waals surface area contributed by atoms with Crippen molar-refractivity contribution in [3.8, 4) is 5.75 Å². The average molecular weight is 474 g/mol. The first-order chi connectivity index (χ1) is 15.5. The molecule has 0 saturated carbocycles. The lowest BCUT2D eigenvalue weighted by atomic mass is 10.0. The summed E-state index contributed by atoms with van der Waals surface area (Å²) in [5, 5.41) is 2.82. The SMILES string of the molecule is Cc1ccc(C(C)C)c(O[C@@H](C)C(=O)Nc2ccc(C)c(S(=O)(=O)N3CCN(C)CC3)c2)c1. The molecular formula is C25H35N3O4S. The maximum Gasteiger partial charge on any atom is 0.265 e. The number of anilines is 1. The van der Waals surface area contributed by atoms with Crippen LogP contribution in [-0.4, -0.2) is 62.9 Å². The first kappa shape index (κ1) is 25.2. The molecule has 0 bridgehead atoms. The second kappa shape index (κ2) is 10.2. The van der Waals surface area contributed by atoms with Gasteiger partial charge in [0.25, 0.3) is 5.91 Å². The van der Waals surface area contributed by atoms with Gasteiger partial charge in [-0.25, -0.2) is 8.42 Å². The number of nitrogens with one attached hydrogen (secondary N) is 1. The van der Waals surface area contributed by atoms with E-state index in [9.17, 15) is 13.2 Å². The van der Waals surface area contributed by atoms with Gasteiger partial charge in [0.05, 0.1) is 4.90 Å². The molecule has 180 valence electrons. The van der Waals surface area contributed by atoms with Gasteiger partial charge >= 0.3 is 0 Å². The second-order valence-electron chi connectivity index (χ2n) is 9.13. The summed E-state index contributed by atoms with van der Waals surface area (Å²) in [4.78, 5) is 15.2. The highest BCUT2D eigenvalue weighted by molar-refractivity contribution is 7.89. The molecule has 0 aliphatic carbocycles. The van der Waals surface area contributed by atoms with E-state index in [-0.39, 0.29) is 16.7 Å². The van der Waals surface area contributed by atoms with Gasteiger partial charge in [-0.2, -0.15) is 4.31 Å². The van der Waals surface area contributed by atoms with Crippen LogP contribution in [0.4, 0.5) is 5.69 Å². The first-order valence-electron chi connectivity index (χ1n) is 11.4. The zero-order chi connectivity index (χ0) is 24.3. The van der Waals surface area contributed by atoms with Crippen molar-refractivity contribution in [2.75, 3.05) is 38.5 Å². The zero-order valence-electron chi connectivity index (χ0n) is 20.4. The monoisotopic (exact) mass is 473 g/mol. The molecule has 33 heavy (non-hydrogen) atoms. The van der Waals surface area contributed by atoms with E-state index < -0.39 is 16.1 Å². The van der Waals surface area contributed by atoms with Gasteiger partial charge in [0.2, 0.25) is 10.0 Å². The first-order valence-corrected chi connectivity index (χ1v) is 12.8. The van der Waals surface area contributed by atoms with Crippen molar-refractivity contribution < 1.29 is 17.9 Å². The molecule has 2 aromatic rings. The third-order valence-electron chi connectivity index (χ3n) is 6.00. The van der Waals surface area contributed by atoms with E-state index in [1.165, 1.54) is 4.31 Å². The van der Waals surface area contributed by atoms with Gasteiger partial charge in [0, 0.05) is 31.9 Å². The average Bonchev–Trinajstić information content (AvgIpc) is 2.75. The van der Waals surface area contributed by atoms with Crippen LogP contribution in [0.3, 0.4) is 0 Å². The molecule has 1 aliphatic rings. The van der Waals surface area contributed by atoms with Gasteiger partial charge in [-0.1, -0.05) is 32.0 Å². The van der Waals surface area contributed by atoms with E-state index in [2.05, 4.69) is 24.1 Å². The van der Waals surface area contributed by atoms with Gasteiger partial charge in [-0.15, -0.1) is 0 Å². The molecule has 1 saturated heterocycles. The Balaban J connectivity index is 1.76. The van der Waals surface area contributed by atoms with E-state index in [1.807, 2.05) is 32.2 Å². The molecule has 0 spiro atoms. The van der Waals surface area contributed by atoms with Crippen molar-refractivity contribution in [1.82, 2.24) is 9.21 Å². The molecular weight excluding hydrogens is 438 g/mol. The molecule has 1 atom stereocenters. The van der Waals surface area contributed by atoms with Gasteiger partial charge in [0.15, 0.2) is 6.10 Å². The summed E-state index contributed by atoms with van der Waals surface area (Å²) >= 11 is 0. The maximum absolute atomic E-state index is 13.2. The van der Waals surface area contributed by atoms with Crippen LogP contribution < -0.4 is 10.1 Å². The minimum atomic E-state index is -3.64. The van der Waals surface area contributed by atoms with Crippen LogP contribution in [0.25, 0.3) is 0 Å². The molecule has 1 heterocycles. The number of carbonyl (C=O) groups excluding carboxylic acids is 1. The number of sulfonamides is 1. The highest BCUT2D eigenvalue weighted by atomic mass is 32.2. The van der Waals surface area contributed by atoms with Crippen molar-refractivity contribution in [1.29, 1.82) is 0 Å². The minimum Gasteiger partial charge on any atom is -0.481 e. The summed E-state index contributed by atoms with van der Waals surface area (Å²) in [6.07, 6.45) is -0.747. The van der Waals surface area contributed by atoms with Crippen molar-refractivity contribution in [2.45, 2.75) is 51.5 Å². The number of benzene rings is 2. The number of ether oxygens (including phenoxy) is 1. The summed E-state index contributed by atoms with van der Waals surface area (Å²) in [7, 11) is -1.66. The Morgan fingerprint density at radius 2 is 1.67 bits per heavy atom. The smallest absolute Gasteiger partial charge is 0.265 e. The summed E-state index contributed by atoms with van der Waals surface area (Å²) in [5.41, 5.74) is 3.18. The molecule has 0 aromatic heterocycles. The van der Waals surface area contributed by atoms with Gasteiger partial charge in [-0.3, -0.25) is 4.79 Å². The third kappa shape index (κ3) is 5.93. The number of amides is 1. The Labute approximate surface area is 197 Å². The molecule has 3 rings (SSSR count). The number of likely N-dealkylation sites (N-methyl/N-ethyl adjacent to an activating group) is 1. The predicted molar refractivity (Wildman–Crippen MR) is 131 cm³/mol. The number of rotatable bonds is 7. The van der Waals surface area contributed by atoms with Crippen molar-refractivity contribution in [3.05, 3.63) is 53.1 Å². The van der Waals surface area contributed by atoms with Crippen LogP contribution >= 0.6 is 0 Å². The van der Waals surface area contributed by atoms with Crippen LogP contribution in [0.15, 0.2) is 41.3 Å². The van der Waals surface area contributed by atoms with Gasteiger partial charge < -0.3 is 15.0 Å². The fraction of sp³-hybridized carbons (Fsp3) is 0.480. The normalized spacial score (nSPS) is 16.6. The molecule has 0 unspecified atom stereocenters. The van der Waals surface area contributed by atoms with E-state index >= 15 is 0 Å². The molecule has 8 heteroatoms. The zero-order valence-corrected chi connectivity index (χ0v) is 21.2. The summed E-state index contributed by atoms with van der Waals surface area (Å²) < 4.78 is 34.0. The van der Waals surface area contributed by atoms with Crippen molar-refractivity contribution in [3.63, 3.8) is 0 Å². The van der Waals surface area contributed by atoms with Crippen molar-refractivity contribution in [2.24, 2.45) is 0 Å². The van der Waals surface area contributed by atoms with Crippen LogP contribution in [0, 0.1) is 13.8 Å². The molecule has 2 aromatic carbocycles. The van der Waals surface area contributed by atoms with Crippen LogP contribution in [0.1, 0.15) is 43.4 Å². The standard InChI is InChI=1S/C25H35N3O4S/c1-17(2)22-10-7-18(3)15-23(22)32-20(5)25(29)26-21-9-8-19(4)24(16-21)33(30,31)28-13-11-27(6)12-14-28/h7-10,15-17,20H,11-14H2,1-6H3,(H,26,29)/t20-/m0/s1. The molecule has 7 nitrogen and oxygen atoms in total. The highest BCUT2D eigenvalue weighted by Crippen LogP contribution is 2.29. The van der Waals surface area contributed by atoms with Crippen LogP contribution in [0.2, 0.25) is 0 Å². The van der Waals surface area contributed by atoms with Crippen LogP contribution in [0.5, 0.6) is 5.75 Å². The lowest BCUT2D eigenvalue weighted by Crippen LogP contribution is -2.47. The quantitative estimate of drug-likeness (QED) is 0.662. The highest BCUT2D eigenvalue weighted by Gasteiger charge is 2.29. The molecule has 1 amide bonds. The molecule has 1 fully saturated rings. The Kier molecular flexibility index (Phi) is 7.82. The van der Waals surface area contributed by atoms with Gasteiger partial charge in [-0.05, 0) is 68.6 Å². The largest absolute Gasteiger partial charge is 0.481 e. The summed E-state index contributed by atoms with van der Waals surface area (Å²) in [5.74, 6) is 0.614. The lowest BCUT2D eigenvalue weighted by molar-refractivity contribution is -0.122. The minimum absolute atomic E-state index is 0.221. The maximum atomic E-state index is 13.2. The van der Waals surface area contributed by atoms with E-state index in [4.69, 9.17) is 4.74 Å². The topological polar surface area (TPSA) is 78.9 Å². The molecule has 0 radical (unpaired) electrons. The predicted octanol–water partition coefficient (Wildman–Crippen LogP) is 3.77. The molecule has 1 aliphatic heterocycles. The van der Waals surface area contributed by atoms with E-state index in [0.717, 1.165) is 11.1 Å². The van der Waals surface area contributed by atoms with Crippen molar-refractivity contribution >= 4 is 21.6 Å². The Bertz CT molecular complexity index is 1110. The number of hydrogen-bond acceptors (Lipinski definition) is 5. The Hall–Kier alpha value is -2.42. The number of hydrogen-bond donors (Lipinski definition) is 1. The number of nitrogens with zero attached hydrogens (tertiary/aromatic N) is 2.